The number of carbonyl (C=O) groups excluding carboxylic acids is 1. The van der Waals surface area contributed by atoms with E-state index in [0.29, 0.717) is 12.5 Å². The van der Waals surface area contributed by atoms with Gasteiger partial charge in [-0.25, -0.2) is 0 Å². The fourth-order valence-corrected chi connectivity index (χ4v) is 2.34. The fourth-order valence-electron chi connectivity index (χ4n) is 2.34. The first-order valence-corrected chi connectivity index (χ1v) is 6.38. The number of aromatic nitrogens is 1. The van der Waals surface area contributed by atoms with Crippen LogP contribution in [0.2, 0.25) is 0 Å². The summed E-state index contributed by atoms with van der Waals surface area (Å²) in [6.45, 7) is 1.94. The zero-order chi connectivity index (χ0) is 16.7. The molecule has 8 heteroatoms. The SMILES string of the molecule is CCCn1cc(C(=O)C(F)(F)F)c2c(C(F)(F)F)cccc21. The summed E-state index contributed by atoms with van der Waals surface area (Å²) in [5.41, 5.74) is -2.25. The van der Waals surface area contributed by atoms with Gasteiger partial charge in [0, 0.05) is 23.6 Å². The highest BCUT2D eigenvalue weighted by Crippen LogP contribution is 2.38. The average Bonchev–Trinajstić information content (AvgIpc) is 2.75. The minimum absolute atomic E-state index is 0.0377. The number of nitrogens with zero attached hydrogens (tertiary/aromatic N) is 1. The van der Waals surface area contributed by atoms with Crippen LogP contribution in [-0.2, 0) is 12.7 Å². The molecule has 1 aromatic carbocycles. The Bertz CT molecular complexity index is 710. The number of Topliss-reactive ketones (excluding diaryl/α,β-unsaturated/α-hetero) is 1. The number of alkyl halides is 6. The molecular weight excluding hydrogens is 312 g/mol. The van der Waals surface area contributed by atoms with Gasteiger partial charge in [-0.2, -0.15) is 26.3 Å². The second-order valence-corrected chi connectivity index (χ2v) is 4.76. The third-order valence-electron chi connectivity index (χ3n) is 3.18. The highest BCUT2D eigenvalue weighted by molar-refractivity contribution is 6.11. The van der Waals surface area contributed by atoms with Crippen LogP contribution in [-0.4, -0.2) is 16.5 Å². The second kappa shape index (κ2) is 5.33. The van der Waals surface area contributed by atoms with Gasteiger partial charge in [0.05, 0.1) is 11.1 Å². The van der Waals surface area contributed by atoms with Gasteiger partial charge in [-0.15, -0.1) is 0 Å². The molecule has 0 amide bonds. The minimum Gasteiger partial charge on any atom is -0.347 e. The van der Waals surface area contributed by atoms with Crippen molar-refractivity contribution in [2.24, 2.45) is 0 Å². The highest BCUT2D eigenvalue weighted by atomic mass is 19.4. The topological polar surface area (TPSA) is 22.0 Å². The molecule has 0 aliphatic carbocycles. The summed E-state index contributed by atoms with van der Waals surface area (Å²) in [4.78, 5) is 11.5. The van der Waals surface area contributed by atoms with E-state index >= 15 is 0 Å². The van der Waals surface area contributed by atoms with Gasteiger partial charge in [-0.05, 0) is 18.6 Å². The Kier molecular flexibility index (Phi) is 3.97. The average molecular weight is 323 g/mol. The number of ketones is 1. The molecule has 0 spiro atoms. The molecule has 0 saturated carbocycles. The van der Waals surface area contributed by atoms with Crippen molar-refractivity contribution in [1.82, 2.24) is 4.57 Å². The van der Waals surface area contributed by atoms with E-state index in [1.165, 1.54) is 10.6 Å². The van der Waals surface area contributed by atoms with Crippen molar-refractivity contribution in [2.75, 3.05) is 0 Å². The van der Waals surface area contributed by atoms with Crippen molar-refractivity contribution in [2.45, 2.75) is 32.2 Å². The normalized spacial score (nSPS) is 12.9. The smallest absolute Gasteiger partial charge is 0.347 e. The van der Waals surface area contributed by atoms with Gasteiger partial charge >= 0.3 is 12.4 Å². The van der Waals surface area contributed by atoms with Gasteiger partial charge in [-0.1, -0.05) is 13.0 Å². The largest absolute Gasteiger partial charge is 0.454 e. The lowest BCUT2D eigenvalue weighted by Crippen LogP contribution is -2.23. The number of benzene rings is 1. The maximum absolute atomic E-state index is 13.1. The Morgan fingerprint density at radius 2 is 1.77 bits per heavy atom. The van der Waals surface area contributed by atoms with E-state index in [0.717, 1.165) is 12.3 Å². The first-order valence-electron chi connectivity index (χ1n) is 6.38. The van der Waals surface area contributed by atoms with Crippen LogP contribution < -0.4 is 0 Å². The molecule has 2 aromatic rings. The molecule has 0 atom stereocenters. The molecule has 0 unspecified atom stereocenters. The quantitative estimate of drug-likeness (QED) is 0.586. The first-order chi connectivity index (χ1) is 10.1. The summed E-state index contributed by atoms with van der Waals surface area (Å²) in [5, 5.41) is -0.703. The van der Waals surface area contributed by atoms with Crippen molar-refractivity contribution in [3.05, 3.63) is 35.5 Å². The lowest BCUT2D eigenvalue weighted by Gasteiger charge is -2.10. The van der Waals surface area contributed by atoms with Crippen LogP contribution in [0.3, 0.4) is 0 Å². The van der Waals surface area contributed by atoms with Crippen LogP contribution in [0.4, 0.5) is 26.3 Å². The van der Waals surface area contributed by atoms with E-state index in [1.54, 1.807) is 6.92 Å². The number of hydrogen-bond donors (Lipinski definition) is 0. The molecule has 0 bridgehead atoms. The summed E-state index contributed by atoms with van der Waals surface area (Å²) in [5.74, 6) is -2.27. The molecule has 0 aliphatic rings. The van der Waals surface area contributed by atoms with Crippen LogP contribution in [0.1, 0.15) is 29.3 Å². The molecular formula is C14H11F6NO. The lowest BCUT2D eigenvalue weighted by atomic mass is 10.0. The summed E-state index contributed by atoms with van der Waals surface area (Å²) in [6, 6.07) is 3.05. The zero-order valence-corrected chi connectivity index (χ0v) is 11.3. The number of aryl methyl sites for hydroxylation is 1. The van der Waals surface area contributed by atoms with E-state index in [1.807, 2.05) is 0 Å². The van der Waals surface area contributed by atoms with Gasteiger partial charge in [0.1, 0.15) is 0 Å². The Labute approximate surface area is 121 Å². The molecule has 0 fully saturated rings. The Hall–Kier alpha value is -1.99. The predicted molar refractivity (Wildman–Crippen MR) is 67.6 cm³/mol. The van der Waals surface area contributed by atoms with Crippen molar-refractivity contribution < 1.29 is 31.1 Å². The van der Waals surface area contributed by atoms with E-state index < -0.39 is 34.6 Å². The van der Waals surface area contributed by atoms with Gasteiger partial charge in [0.2, 0.25) is 0 Å². The molecule has 2 nitrogen and oxygen atoms in total. The molecule has 22 heavy (non-hydrogen) atoms. The number of fused-ring (bicyclic) bond motifs is 1. The van der Waals surface area contributed by atoms with Crippen LogP contribution in [0.5, 0.6) is 0 Å². The molecule has 120 valence electrons. The third-order valence-corrected chi connectivity index (χ3v) is 3.18. The van der Waals surface area contributed by atoms with Crippen LogP contribution >= 0.6 is 0 Å². The summed E-state index contributed by atoms with van der Waals surface area (Å²) >= 11 is 0. The lowest BCUT2D eigenvalue weighted by molar-refractivity contribution is -0.136. The number of hydrogen-bond acceptors (Lipinski definition) is 1. The van der Waals surface area contributed by atoms with E-state index in [4.69, 9.17) is 0 Å². The van der Waals surface area contributed by atoms with E-state index in [2.05, 4.69) is 0 Å². The number of halogens is 6. The van der Waals surface area contributed by atoms with Crippen LogP contribution in [0, 0.1) is 0 Å². The maximum Gasteiger partial charge on any atom is 0.454 e. The van der Waals surface area contributed by atoms with Gasteiger partial charge in [0.15, 0.2) is 0 Å². The molecule has 2 rings (SSSR count). The predicted octanol–water partition coefficient (Wildman–Crippen LogP) is 4.82. The molecule has 0 N–H and O–H groups in total. The van der Waals surface area contributed by atoms with Crippen LogP contribution in [0.15, 0.2) is 24.4 Å². The van der Waals surface area contributed by atoms with Crippen molar-refractivity contribution in [3.8, 4) is 0 Å². The van der Waals surface area contributed by atoms with Crippen molar-refractivity contribution >= 4 is 16.7 Å². The number of rotatable bonds is 3. The highest BCUT2D eigenvalue weighted by Gasteiger charge is 2.43. The molecule has 0 radical (unpaired) electrons. The van der Waals surface area contributed by atoms with E-state index in [-0.39, 0.29) is 12.1 Å². The minimum atomic E-state index is -5.23. The fraction of sp³-hybridized carbons (Fsp3) is 0.357. The van der Waals surface area contributed by atoms with Crippen LogP contribution in [0.25, 0.3) is 10.9 Å². The molecule has 0 aliphatic heterocycles. The van der Waals surface area contributed by atoms with Gasteiger partial charge in [0.25, 0.3) is 5.78 Å². The maximum atomic E-state index is 13.1. The van der Waals surface area contributed by atoms with Gasteiger partial charge in [-0.3, -0.25) is 4.79 Å². The Morgan fingerprint density at radius 1 is 1.14 bits per heavy atom. The summed E-state index contributed by atoms with van der Waals surface area (Å²) < 4.78 is 78.3. The van der Waals surface area contributed by atoms with Crippen molar-refractivity contribution in [1.29, 1.82) is 0 Å². The Balaban J connectivity index is 2.83. The summed E-state index contributed by atoms with van der Waals surface area (Å²) in [6.07, 6.45) is -8.73. The molecule has 1 heterocycles. The third kappa shape index (κ3) is 2.82. The van der Waals surface area contributed by atoms with Crippen molar-refractivity contribution in [3.63, 3.8) is 0 Å². The second-order valence-electron chi connectivity index (χ2n) is 4.76. The number of carbonyl (C=O) groups is 1. The van der Waals surface area contributed by atoms with E-state index in [9.17, 15) is 31.1 Å². The zero-order valence-electron chi connectivity index (χ0n) is 11.3. The first kappa shape index (κ1) is 16.4. The summed E-state index contributed by atoms with van der Waals surface area (Å²) in [7, 11) is 0. The van der Waals surface area contributed by atoms with Gasteiger partial charge < -0.3 is 4.57 Å². The Morgan fingerprint density at radius 3 is 2.27 bits per heavy atom. The standard InChI is InChI=1S/C14H11F6NO/c1-2-6-21-7-8(12(22)14(18,19)20)11-9(13(15,16)17)4-3-5-10(11)21/h3-5,7H,2,6H2,1H3. The monoisotopic (exact) mass is 323 g/mol. The molecule has 1 aromatic heterocycles. The molecule has 0 saturated heterocycles.